The van der Waals surface area contributed by atoms with Crippen molar-refractivity contribution in [2.45, 2.75) is 39.5 Å². The van der Waals surface area contributed by atoms with Crippen molar-refractivity contribution in [3.8, 4) is 0 Å². The van der Waals surface area contributed by atoms with Crippen LogP contribution in [0.25, 0.3) is 0 Å². The molecule has 1 aliphatic rings. The summed E-state index contributed by atoms with van der Waals surface area (Å²) in [4.78, 5) is 14.0. The number of carbonyl (C=O) groups is 1. The Kier molecular flexibility index (Phi) is 6.09. The standard InChI is InChI=1S/C14H29N3O/c1-14(2,11-16-13(18)7-4-8-15)12-6-5-9-17(3)10-12/h12H,4-11,15H2,1-3H3,(H,16,18). The van der Waals surface area contributed by atoms with Crippen molar-refractivity contribution in [1.82, 2.24) is 10.2 Å². The maximum absolute atomic E-state index is 11.6. The molecule has 1 aliphatic heterocycles. The highest BCUT2D eigenvalue weighted by molar-refractivity contribution is 5.75. The maximum atomic E-state index is 11.6. The van der Waals surface area contributed by atoms with Gasteiger partial charge in [-0.2, -0.15) is 0 Å². The van der Waals surface area contributed by atoms with Crippen LogP contribution in [0.15, 0.2) is 0 Å². The van der Waals surface area contributed by atoms with Crippen LogP contribution in [-0.4, -0.2) is 44.0 Å². The zero-order chi connectivity index (χ0) is 13.6. The second-order valence-corrected chi connectivity index (χ2v) is 6.26. The zero-order valence-electron chi connectivity index (χ0n) is 12.2. The first-order valence-electron chi connectivity index (χ1n) is 7.11. The third-order valence-corrected chi connectivity index (χ3v) is 4.08. The summed E-state index contributed by atoms with van der Waals surface area (Å²) in [7, 11) is 2.18. The molecule has 1 amide bonds. The van der Waals surface area contributed by atoms with Gasteiger partial charge in [-0.3, -0.25) is 4.79 Å². The van der Waals surface area contributed by atoms with E-state index in [1.807, 2.05) is 0 Å². The number of hydrogen-bond donors (Lipinski definition) is 2. The topological polar surface area (TPSA) is 58.4 Å². The Morgan fingerprint density at radius 1 is 1.50 bits per heavy atom. The molecule has 0 aromatic heterocycles. The van der Waals surface area contributed by atoms with Crippen LogP contribution >= 0.6 is 0 Å². The molecule has 18 heavy (non-hydrogen) atoms. The second-order valence-electron chi connectivity index (χ2n) is 6.26. The summed E-state index contributed by atoms with van der Waals surface area (Å²) in [6.45, 7) is 8.24. The predicted octanol–water partition coefficient (Wildman–Crippen LogP) is 1.21. The van der Waals surface area contributed by atoms with E-state index >= 15 is 0 Å². The van der Waals surface area contributed by atoms with E-state index in [1.165, 1.54) is 19.4 Å². The summed E-state index contributed by atoms with van der Waals surface area (Å²) in [6, 6.07) is 0. The second kappa shape index (κ2) is 7.10. The average Bonchev–Trinajstić information content (AvgIpc) is 2.34. The summed E-state index contributed by atoms with van der Waals surface area (Å²) in [5, 5.41) is 3.06. The van der Waals surface area contributed by atoms with E-state index in [0.29, 0.717) is 18.9 Å². The number of nitrogens with zero attached hydrogens (tertiary/aromatic N) is 1. The molecule has 3 N–H and O–H groups in total. The van der Waals surface area contributed by atoms with Crippen LogP contribution in [0.4, 0.5) is 0 Å². The molecule has 0 saturated carbocycles. The molecule has 0 bridgehead atoms. The highest BCUT2D eigenvalue weighted by Gasteiger charge is 2.32. The van der Waals surface area contributed by atoms with E-state index in [9.17, 15) is 4.79 Å². The first-order chi connectivity index (χ1) is 8.45. The lowest BCUT2D eigenvalue weighted by Gasteiger charge is -2.40. The molecule has 1 atom stereocenters. The van der Waals surface area contributed by atoms with E-state index < -0.39 is 0 Å². The zero-order valence-corrected chi connectivity index (χ0v) is 12.2. The van der Waals surface area contributed by atoms with Crippen molar-refractivity contribution < 1.29 is 4.79 Å². The molecule has 0 aliphatic carbocycles. The molecular weight excluding hydrogens is 226 g/mol. The lowest BCUT2D eigenvalue weighted by molar-refractivity contribution is -0.121. The number of nitrogens with two attached hydrogens (primary N) is 1. The SMILES string of the molecule is CN1CCCC(C(C)(C)CNC(=O)CCCN)C1. The highest BCUT2D eigenvalue weighted by Crippen LogP contribution is 2.32. The van der Waals surface area contributed by atoms with Crippen LogP contribution in [0, 0.1) is 11.3 Å². The van der Waals surface area contributed by atoms with Gasteiger partial charge in [0.1, 0.15) is 0 Å². The summed E-state index contributed by atoms with van der Waals surface area (Å²) in [5.41, 5.74) is 5.58. The van der Waals surface area contributed by atoms with Gasteiger partial charge in [-0.25, -0.2) is 0 Å². The summed E-state index contributed by atoms with van der Waals surface area (Å²) < 4.78 is 0. The molecule has 0 aromatic carbocycles. The largest absolute Gasteiger partial charge is 0.356 e. The fourth-order valence-electron chi connectivity index (χ4n) is 2.63. The lowest BCUT2D eigenvalue weighted by Crippen LogP contribution is -2.45. The normalized spacial score (nSPS) is 21.9. The highest BCUT2D eigenvalue weighted by atomic mass is 16.1. The van der Waals surface area contributed by atoms with Crippen LogP contribution in [0.5, 0.6) is 0 Å². The Bertz CT molecular complexity index is 266. The lowest BCUT2D eigenvalue weighted by atomic mass is 9.74. The van der Waals surface area contributed by atoms with Crippen molar-refractivity contribution in [2.75, 3.05) is 33.2 Å². The van der Waals surface area contributed by atoms with Crippen LogP contribution in [-0.2, 0) is 4.79 Å². The number of hydrogen-bond acceptors (Lipinski definition) is 3. The predicted molar refractivity (Wildman–Crippen MR) is 75.3 cm³/mol. The van der Waals surface area contributed by atoms with E-state index in [-0.39, 0.29) is 11.3 Å². The van der Waals surface area contributed by atoms with Crippen molar-refractivity contribution in [3.05, 3.63) is 0 Å². The smallest absolute Gasteiger partial charge is 0.220 e. The third-order valence-electron chi connectivity index (χ3n) is 4.08. The van der Waals surface area contributed by atoms with E-state index in [0.717, 1.165) is 19.5 Å². The fraction of sp³-hybridized carbons (Fsp3) is 0.929. The number of carbonyl (C=O) groups excluding carboxylic acids is 1. The van der Waals surface area contributed by atoms with Crippen LogP contribution in [0.3, 0.4) is 0 Å². The number of piperidine rings is 1. The van der Waals surface area contributed by atoms with Crippen molar-refractivity contribution in [1.29, 1.82) is 0 Å². The van der Waals surface area contributed by atoms with Gasteiger partial charge >= 0.3 is 0 Å². The van der Waals surface area contributed by atoms with Crippen molar-refractivity contribution >= 4 is 5.91 Å². The van der Waals surface area contributed by atoms with Gasteiger partial charge in [-0.1, -0.05) is 13.8 Å². The van der Waals surface area contributed by atoms with Gasteiger partial charge in [0.05, 0.1) is 0 Å². The molecule has 4 nitrogen and oxygen atoms in total. The van der Waals surface area contributed by atoms with Gasteiger partial charge in [0.15, 0.2) is 0 Å². The number of amides is 1. The third kappa shape index (κ3) is 4.94. The molecule has 1 heterocycles. The van der Waals surface area contributed by atoms with Gasteiger partial charge in [0.2, 0.25) is 5.91 Å². The minimum absolute atomic E-state index is 0.137. The first kappa shape index (κ1) is 15.4. The van der Waals surface area contributed by atoms with E-state index in [2.05, 4.69) is 31.1 Å². The number of rotatable bonds is 6. The first-order valence-corrected chi connectivity index (χ1v) is 7.11. The molecule has 1 unspecified atom stereocenters. The molecule has 1 saturated heterocycles. The molecule has 1 fully saturated rings. The molecule has 4 heteroatoms. The Hall–Kier alpha value is -0.610. The average molecular weight is 255 g/mol. The molecule has 0 radical (unpaired) electrons. The molecular formula is C14H29N3O. The Morgan fingerprint density at radius 3 is 2.83 bits per heavy atom. The number of nitrogens with one attached hydrogen (secondary N) is 1. The summed E-state index contributed by atoms with van der Waals surface area (Å²) >= 11 is 0. The van der Waals surface area contributed by atoms with E-state index in [1.54, 1.807) is 0 Å². The molecule has 1 rings (SSSR count). The Labute approximate surface area is 111 Å². The van der Waals surface area contributed by atoms with Gasteiger partial charge in [0, 0.05) is 19.5 Å². The molecule has 106 valence electrons. The summed E-state index contributed by atoms with van der Waals surface area (Å²) in [5.74, 6) is 0.809. The Morgan fingerprint density at radius 2 is 2.22 bits per heavy atom. The van der Waals surface area contributed by atoms with Gasteiger partial charge in [-0.15, -0.1) is 0 Å². The monoisotopic (exact) mass is 255 g/mol. The minimum Gasteiger partial charge on any atom is -0.356 e. The molecule has 0 aromatic rings. The number of likely N-dealkylation sites (tertiary alicyclic amines) is 1. The van der Waals surface area contributed by atoms with E-state index in [4.69, 9.17) is 5.73 Å². The molecule has 0 spiro atoms. The van der Waals surface area contributed by atoms with Crippen molar-refractivity contribution in [3.63, 3.8) is 0 Å². The quantitative estimate of drug-likeness (QED) is 0.750. The maximum Gasteiger partial charge on any atom is 0.220 e. The van der Waals surface area contributed by atoms with Crippen LogP contribution in [0.1, 0.15) is 39.5 Å². The summed E-state index contributed by atoms with van der Waals surface area (Å²) in [6.07, 6.45) is 3.87. The minimum atomic E-state index is 0.137. The van der Waals surface area contributed by atoms with Gasteiger partial charge < -0.3 is 16.0 Å². The van der Waals surface area contributed by atoms with Crippen molar-refractivity contribution in [2.24, 2.45) is 17.1 Å². The van der Waals surface area contributed by atoms with Gasteiger partial charge in [0.25, 0.3) is 0 Å². The fourth-order valence-corrected chi connectivity index (χ4v) is 2.63. The van der Waals surface area contributed by atoms with Crippen LogP contribution in [0.2, 0.25) is 0 Å². The van der Waals surface area contributed by atoms with Gasteiger partial charge in [-0.05, 0) is 50.7 Å². The Balaban J connectivity index is 2.36. The van der Waals surface area contributed by atoms with Crippen LogP contribution < -0.4 is 11.1 Å².